The predicted octanol–water partition coefficient (Wildman–Crippen LogP) is 11.5. The maximum Gasteiger partial charge on any atom is 0.160 e. The van der Waals surface area contributed by atoms with Crippen LogP contribution in [0.4, 0.5) is 0 Å². The monoisotopic (exact) mass is 624 g/mol. The maximum atomic E-state index is 5.30. The first kappa shape index (κ1) is 28.8. The summed E-state index contributed by atoms with van der Waals surface area (Å²) in [5.41, 5.74) is 14.3. The topological polar surface area (TPSA) is 25.8 Å². The molecule has 1 aromatic heterocycles. The molecule has 1 aliphatic rings. The third-order valence-corrected chi connectivity index (χ3v) is 9.80. The van der Waals surface area contributed by atoms with Crippen LogP contribution >= 0.6 is 0 Å². The van der Waals surface area contributed by atoms with Gasteiger partial charge in [-0.2, -0.15) is 0 Å². The van der Waals surface area contributed by atoms with E-state index in [0.29, 0.717) is 5.82 Å². The quantitative estimate of drug-likeness (QED) is 0.184. The molecule has 0 radical (unpaired) electrons. The molecule has 0 saturated heterocycles. The number of benzene rings is 7. The summed E-state index contributed by atoms with van der Waals surface area (Å²) in [6.07, 6.45) is 0. The lowest BCUT2D eigenvalue weighted by Gasteiger charge is -2.33. The molecule has 9 rings (SSSR count). The first-order valence-corrected chi connectivity index (χ1v) is 16.8. The molecule has 230 valence electrons. The molecule has 0 N–H and O–H groups in total. The van der Waals surface area contributed by atoms with Gasteiger partial charge < -0.3 is 0 Å². The van der Waals surface area contributed by atoms with Gasteiger partial charge in [0.25, 0.3) is 0 Å². The summed E-state index contributed by atoms with van der Waals surface area (Å²) in [4.78, 5) is 10.4. The van der Waals surface area contributed by atoms with Crippen molar-refractivity contribution >= 4 is 0 Å². The number of aromatic nitrogens is 2. The summed E-state index contributed by atoms with van der Waals surface area (Å²) >= 11 is 0. The summed E-state index contributed by atoms with van der Waals surface area (Å²) < 4.78 is 0. The molecule has 7 aromatic carbocycles. The number of hydrogen-bond acceptors (Lipinski definition) is 2. The van der Waals surface area contributed by atoms with E-state index in [1.165, 1.54) is 44.5 Å². The Morgan fingerprint density at radius 1 is 0.327 bits per heavy atom. The number of hydrogen-bond donors (Lipinski definition) is 0. The molecular formula is C47H32N2. The van der Waals surface area contributed by atoms with Gasteiger partial charge in [-0.05, 0) is 50.6 Å². The van der Waals surface area contributed by atoms with Crippen molar-refractivity contribution in [1.29, 1.82) is 0 Å². The van der Waals surface area contributed by atoms with Crippen LogP contribution < -0.4 is 0 Å². The second kappa shape index (κ2) is 12.0. The van der Waals surface area contributed by atoms with E-state index in [1.54, 1.807) is 0 Å². The van der Waals surface area contributed by atoms with Gasteiger partial charge >= 0.3 is 0 Å². The van der Waals surface area contributed by atoms with Crippen LogP contribution in [0.5, 0.6) is 0 Å². The normalized spacial score (nSPS) is 12.7. The van der Waals surface area contributed by atoms with E-state index in [9.17, 15) is 0 Å². The smallest absolute Gasteiger partial charge is 0.160 e. The average molecular weight is 625 g/mol. The molecule has 0 saturated carbocycles. The van der Waals surface area contributed by atoms with E-state index < -0.39 is 5.41 Å². The second-order valence-corrected chi connectivity index (χ2v) is 12.5. The minimum Gasteiger partial charge on any atom is -0.228 e. The lowest BCUT2D eigenvalue weighted by molar-refractivity contribution is 0.768. The first-order chi connectivity index (χ1) is 24.3. The fraction of sp³-hybridized carbons (Fsp3) is 0.0213. The standard InChI is InChI=1S/C47H32N2/c1-5-16-33(17-6-1)34-28-30-35(31-29-34)43-32-44(49-46(48-43)36-18-7-2-8-19-36)40-25-15-27-42-45(40)39-24-13-14-26-41(39)47(42,37-20-9-3-10-21-37)38-22-11-4-12-23-38/h1-32H. The van der Waals surface area contributed by atoms with Gasteiger partial charge in [0.2, 0.25) is 0 Å². The zero-order chi connectivity index (χ0) is 32.6. The highest BCUT2D eigenvalue weighted by atomic mass is 14.9. The second-order valence-electron chi connectivity index (χ2n) is 12.5. The first-order valence-electron chi connectivity index (χ1n) is 16.8. The summed E-state index contributed by atoms with van der Waals surface area (Å²) in [7, 11) is 0. The van der Waals surface area contributed by atoms with Crippen LogP contribution in [-0.2, 0) is 5.41 Å². The van der Waals surface area contributed by atoms with E-state index in [-0.39, 0.29) is 0 Å². The fourth-order valence-electron chi connectivity index (χ4n) is 7.62. The summed E-state index contributed by atoms with van der Waals surface area (Å²) in [5.74, 6) is 0.710. The molecule has 0 spiro atoms. The van der Waals surface area contributed by atoms with Crippen LogP contribution in [0.3, 0.4) is 0 Å². The molecule has 1 heterocycles. The van der Waals surface area contributed by atoms with Gasteiger partial charge in [-0.15, -0.1) is 0 Å². The van der Waals surface area contributed by atoms with Crippen LogP contribution in [0, 0.1) is 0 Å². The molecule has 2 heteroatoms. The minimum atomic E-state index is -0.476. The lowest BCUT2D eigenvalue weighted by atomic mass is 9.67. The molecule has 1 aliphatic carbocycles. The zero-order valence-corrected chi connectivity index (χ0v) is 26.9. The number of nitrogens with zero attached hydrogens (tertiary/aromatic N) is 2. The van der Waals surface area contributed by atoms with Crippen molar-refractivity contribution < 1.29 is 0 Å². The Morgan fingerprint density at radius 2 is 0.796 bits per heavy atom. The third-order valence-electron chi connectivity index (χ3n) is 9.80. The van der Waals surface area contributed by atoms with Gasteiger partial charge in [0.05, 0.1) is 16.8 Å². The Morgan fingerprint density at radius 3 is 1.45 bits per heavy atom. The summed E-state index contributed by atoms with van der Waals surface area (Å²) in [5, 5.41) is 0. The van der Waals surface area contributed by atoms with Crippen molar-refractivity contribution in [1.82, 2.24) is 9.97 Å². The highest BCUT2D eigenvalue weighted by Crippen LogP contribution is 2.58. The van der Waals surface area contributed by atoms with E-state index in [1.807, 2.05) is 24.3 Å². The van der Waals surface area contributed by atoms with Crippen molar-refractivity contribution in [3.8, 4) is 56.2 Å². The van der Waals surface area contributed by atoms with Crippen LogP contribution in [0.25, 0.3) is 56.2 Å². The molecule has 0 aliphatic heterocycles. The van der Waals surface area contributed by atoms with E-state index in [4.69, 9.17) is 9.97 Å². The van der Waals surface area contributed by atoms with Gasteiger partial charge in [0.1, 0.15) is 0 Å². The van der Waals surface area contributed by atoms with Crippen LogP contribution in [-0.4, -0.2) is 9.97 Å². The Balaban J connectivity index is 1.29. The van der Waals surface area contributed by atoms with Gasteiger partial charge in [0, 0.05) is 16.7 Å². The largest absolute Gasteiger partial charge is 0.228 e. The highest BCUT2D eigenvalue weighted by molar-refractivity contribution is 5.95. The van der Waals surface area contributed by atoms with Crippen molar-refractivity contribution in [2.24, 2.45) is 0 Å². The molecule has 8 aromatic rings. The predicted molar refractivity (Wildman–Crippen MR) is 201 cm³/mol. The molecule has 0 amide bonds. The van der Waals surface area contributed by atoms with Gasteiger partial charge in [-0.3, -0.25) is 0 Å². The molecule has 0 bridgehead atoms. The van der Waals surface area contributed by atoms with Crippen LogP contribution in [0.1, 0.15) is 22.3 Å². The van der Waals surface area contributed by atoms with Crippen molar-refractivity contribution in [3.63, 3.8) is 0 Å². The van der Waals surface area contributed by atoms with Crippen molar-refractivity contribution in [3.05, 3.63) is 216 Å². The molecular weight excluding hydrogens is 593 g/mol. The van der Waals surface area contributed by atoms with Crippen LogP contribution in [0.15, 0.2) is 194 Å². The minimum absolute atomic E-state index is 0.476. The van der Waals surface area contributed by atoms with Gasteiger partial charge in [0.15, 0.2) is 5.82 Å². The molecule has 0 unspecified atom stereocenters. The van der Waals surface area contributed by atoms with E-state index >= 15 is 0 Å². The lowest BCUT2D eigenvalue weighted by Crippen LogP contribution is -2.28. The molecule has 0 fully saturated rings. The SMILES string of the molecule is c1ccc(-c2ccc(-c3cc(-c4cccc5c4-c4ccccc4C5(c4ccccc4)c4ccccc4)nc(-c4ccccc4)n3)cc2)cc1. The molecule has 2 nitrogen and oxygen atoms in total. The van der Waals surface area contributed by atoms with Crippen molar-refractivity contribution in [2.45, 2.75) is 5.41 Å². The Kier molecular flexibility index (Phi) is 7.06. The van der Waals surface area contributed by atoms with Crippen LogP contribution in [0.2, 0.25) is 0 Å². The highest BCUT2D eigenvalue weighted by Gasteiger charge is 2.46. The molecule has 0 atom stereocenters. The van der Waals surface area contributed by atoms with Crippen molar-refractivity contribution in [2.75, 3.05) is 0 Å². The third kappa shape index (κ3) is 4.80. The maximum absolute atomic E-state index is 5.30. The fourth-order valence-corrected chi connectivity index (χ4v) is 7.62. The number of fused-ring (bicyclic) bond motifs is 3. The molecule has 49 heavy (non-hydrogen) atoms. The van der Waals surface area contributed by atoms with Gasteiger partial charge in [-0.1, -0.05) is 188 Å². The Hall–Kier alpha value is -6.38. The van der Waals surface area contributed by atoms with Gasteiger partial charge in [-0.25, -0.2) is 9.97 Å². The zero-order valence-electron chi connectivity index (χ0n) is 26.9. The van der Waals surface area contributed by atoms with E-state index in [2.05, 4.69) is 170 Å². The number of rotatable bonds is 6. The summed E-state index contributed by atoms with van der Waals surface area (Å²) in [6.45, 7) is 0. The Bertz CT molecular complexity index is 2360. The van der Waals surface area contributed by atoms with E-state index in [0.717, 1.165) is 28.1 Å². The summed E-state index contributed by atoms with van der Waals surface area (Å²) in [6, 6.07) is 69.1. The Labute approximate surface area is 287 Å². The average Bonchev–Trinajstić information content (AvgIpc) is 3.50.